The van der Waals surface area contributed by atoms with E-state index in [1.54, 1.807) is 0 Å². The maximum absolute atomic E-state index is 4.78. The molecule has 2 rings (SSSR count). The zero-order valence-electron chi connectivity index (χ0n) is 14.2. The third kappa shape index (κ3) is 7.31. The van der Waals surface area contributed by atoms with Crippen LogP contribution in [0.15, 0.2) is 17.1 Å². The summed E-state index contributed by atoms with van der Waals surface area (Å²) in [5, 5.41) is 6.90. The zero-order valence-corrected chi connectivity index (χ0v) is 16.5. The summed E-state index contributed by atoms with van der Waals surface area (Å²) in [5.41, 5.74) is 0. The minimum atomic E-state index is 0. The van der Waals surface area contributed by atoms with Gasteiger partial charge in [0.1, 0.15) is 0 Å². The van der Waals surface area contributed by atoms with Gasteiger partial charge < -0.3 is 15.5 Å². The molecule has 128 valence electrons. The van der Waals surface area contributed by atoms with E-state index in [4.69, 9.17) is 4.99 Å². The molecule has 1 unspecified atom stereocenters. The molecule has 2 N–H and O–H groups in total. The van der Waals surface area contributed by atoms with Gasteiger partial charge in [0.05, 0.1) is 0 Å². The molecule has 0 spiro atoms. The van der Waals surface area contributed by atoms with E-state index in [9.17, 15) is 0 Å². The number of guanidine groups is 1. The molecule has 0 bridgehead atoms. The van der Waals surface area contributed by atoms with Crippen LogP contribution in [0.3, 0.4) is 0 Å². The molecule has 1 fully saturated rings. The van der Waals surface area contributed by atoms with E-state index >= 15 is 0 Å². The molecule has 1 heterocycles. The van der Waals surface area contributed by atoms with Gasteiger partial charge in [-0.05, 0) is 51.6 Å². The van der Waals surface area contributed by atoms with Gasteiger partial charge in [0.15, 0.2) is 5.96 Å². The predicted molar refractivity (Wildman–Crippen MR) is 106 cm³/mol. The van der Waals surface area contributed by atoms with Crippen LogP contribution in [0.25, 0.3) is 0 Å². The van der Waals surface area contributed by atoms with Gasteiger partial charge in [-0.15, -0.1) is 24.0 Å². The number of likely N-dealkylation sites (tertiary alicyclic amines) is 1. The Morgan fingerprint density at radius 3 is 2.55 bits per heavy atom. The van der Waals surface area contributed by atoms with Crippen molar-refractivity contribution in [2.45, 2.75) is 52.0 Å². The van der Waals surface area contributed by atoms with E-state index in [-0.39, 0.29) is 24.0 Å². The van der Waals surface area contributed by atoms with Crippen molar-refractivity contribution >= 4 is 29.9 Å². The van der Waals surface area contributed by atoms with E-state index in [0.29, 0.717) is 12.0 Å². The van der Waals surface area contributed by atoms with Gasteiger partial charge in [0, 0.05) is 25.7 Å². The van der Waals surface area contributed by atoms with Crippen LogP contribution < -0.4 is 10.6 Å². The highest BCUT2D eigenvalue weighted by Gasteiger charge is 2.14. The van der Waals surface area contributed by atoms with E-state index < -0.39 is 0 Å². The summed E-state index contributed by atoms with van der Waals surface area (Å²) in [6.45, 7) is 10.0. The Kier molecular flexibility index (Phi) is 10.1. The van der Waals surface area contributed by atoms with Crippen molar-refractivity contribution in [2.24, 2.45) is 10.9 Å². The van der Waals surface area contributed by atoms with Gasteiger partial charge in [-0.3, -0.25) is 4.99 Å². The second kappa shape index (κ2) is 11.3. The number of hydrogen-bond acceptors (Lipinski definition) is 2. The lowest BCUT2D eigenvalue weighted by atomic mass is 10.1. The molecule has 2 aliphatic rings. The van der Waals surface area contributed by atoms with E-state index in [1.165, 1.54) is 38.9 Å². The fraction of sp³-hybridized carbons (Fsp3) is 0.824. The average Bonchev–Trinajstić information content (AvgIpc) is 2.99. The summed E-state index contributed by atoms with van der Waals surface area (Å²) < 4.78 is 0. The number of rotatable bonds is 6. The van der Waals surface area contributed by atoms with Gasteiger partial charge in [0.2, 0.25) is 0 Å². The minimum absolute atomic E-state index is 0. The van der Waals surface area contributed by atoms with Gasteiger partial charge in [-0.1, -0.05) is 25.5 Å². The number of nitrogens with one attached hydrogen (secondary N) is 2. The first-order chi connectivity index (χ1) is 10.3. The van der Waals surface area contributed by atoms with Crippen molar-refractivity contribution in [3.05, 3.63) is 12.2 Å². The molecule has 0 aromatic carbocycles. The van der Waals surface area contributed by atoms with Crippen molar-refractivity contribution in [1.82, 2.24) is 15.5 Å². The molecule has 1 atom stereocenters. The summed E-state index contributed by atoms with van der Waals surface area (Å²) in [4.78, 5) is 7.38. The third-order valence-corrected chi connectivity index (χ3v) is 4.27. The topological polar surface area (TPSA) is 39.7 Å². The first-order valence-electron chi connectivity index (χ1n) is 8.70. The van der Waals surface area contributed by atoms with Gasteiger partial charge >= 0.3 is 0 Å². The second-order valence-electron chi connectivity index (χ2n) is 6.47. The summed E-state index contributed by atoms with van der Waals surface area (Å²) in [5.74, 6) is 1.61. The number of hydrogen-bond donors (Lipinski definition) is 2. The molecule has 0 radical (unpaired) electrons. The Labute approximate surface area is 153 Å². The second-order valence-corrected chi connectivity index (χ2v) is 6.47. The Morgan fingerprint density at radius 1 is 1.23 bits per heavy atom. The van der Waals surface area contributed by atoms with Crippen molar-refractivity contribution in [3.63, 3.8) is 0 Å². The van der Waals surface area contributed by atoms with Crippen LogP contribution in [0, 0.1) is 5.92 Å². The normalized spacial score (nSPS) is 21.5. The van der Waals surface area contributed by atoms with Crippen LogP contribution in [-0.2, 0) is 0 Å². The number of piperidine rings is 1. The fourth-order valence-corrected chi connectivity index (χ4v) is 3.14. The van der Waals surface area contributed by atoms with Crippen LogP contribution in [0.2, 0.25) is 0 Å². The zero-order chi connectivity index (χ0) is 14.9. The van der Waals surface area contributed by atoms with E-state index in [1.807, 2.05) is 0 Å². The average molecular weight is 420 g/mol. The maximum atomic E-state index is 4.78. The molecular formula is C17H33IN4. The molecule has 0 amide bonds. The highest BCUT2D eigenvalue weighted by Crippen LogP contribution is 2.11. The van der Waals surface area contributed by atoms with Crippen LogP contribution in [0.4, 0.5) is 0 Å². The van der Waals surface area contributed by atoms with E-state index in [0.717, 1.165) is 31.9 Å². The van der Waals surface area contributed by atoms with Crippen molar-refractivity contribution < 1.29 is 0 Å². The highest BCUT2D eigenvalue weighted by molar-refractivity contribution is 14.0. The summed E-state index contributed by atoms with van der Waals surface area (Å²) in [6.07, 6.45) is 10.9. The van der Waals surface area contributed by atoms with Gasteiger partial charge in [-0.2, -0.15) is 0 Å². The maximum Gasteiger partial charge on any atom is 0.191 e. The lowest BCUT2D eigenvalue weighted by molar-refractivity contribution is 0.203. The van der Waals surface area contributed by atoms with Crippen molar-refractivity contribution in [3.8, 4) is 0 Å². The Morgan fingerprint density at radius 2 is 1.91 bits per heavy atom. The fourth-order valence-electron chi connectivity index (χ4n) is 3.14. The molecule has 0 saturated carbocycles. The van der Waals surface area contributed by atoms with Crippen LogP contribution in [-0.4, -0.2) is 49.6 Å². The lowest BCUT2D eigenvalue weighted by Gasteiger charge is -2.28. The summed E-state index contributed by atoms with van der Waals surface area (Å²) in [7, 11) is 0. The quantitative estimate of drug-likeness (QED) is 0.300. The van der Waals surface area contributed by atoms with Gasteiger partial charge in [-0.25, -0.2) is 0 Å². The molecule has 22 heavy (non-hydrogen) atoms. The third-order valence-electron chi connectivity index (χ3n) is 4.27. The van der Waals surface area contributed by atoms with Crippen LogP contribution in [0.1, 0.15) is 46.0 Å². The molecule has 0 aromatic rings. The minimum Gasteiger partial charge on any atom is -0.357 e. The van der Waals surface area contributed by atoms with Crippen LogP contribution in [0.5, 0.6) is 0 Å². The monoisotopic (exact) mass is 420 g/mol. The predicted octanol–water partition coefficient (Wildman–Crippen LogP) is 3.00. The molecule has 4 nitrogen and oxygen atoms in total. The first-order valence-corrected chi connectivity index (χ1v) is 8.70. The first kappa shape index (κ1) is 19.7. The number of nitrogens with zero attached hydrogens (tertiary/aromatic N) is 2. The Hall–Kier alpha value is -0.300. The lowest BCUT2D eigenvalue weighted by Crippen LogP contribution is -2.43. The molecule has 1 aliphatic heterocycles. The molecule has 0 aromatic heterocycles. The largest absolute Gasteiger partial charge is 0.357 e. The molecule has 5 heteroatoms. The van der Waals surface area contributed by atoms with Crippen LogP contribution >= 0.6 is 24.0 Å². The smallest absolute Gasteiger partial charge is 0.191 e. The van der Waals surface area contributed by atoms with Gasteiger partial charge in [0.25, 0.3) is 0 Å². The number of aliphatic imine (C=N–C) groups is 1. The van der Waals surface area contributed by atoms with Crippen molar-refractivity contribution in [2.75, 3.05) is 32.7 Å². The molecular weight excluding hydrogens is 387 g/mol. The SMILES string of the molecule is CCNC(=NCC(C)CN1CCCCC1)NC1CC=CC1.I. The molecule has 1 saturated heterocycles. The van der Waals surface area contributed by atoms with E-state index in [2.05, 4.69) is 41.5 Å². The number of halogens is 1. The van der Waals surface area contributed by atoms with Crippen molar-refractivity contribution in [1.29, 1.82) is 0 Å². The Bertz CT molecular complexity index is 343. The summed E-state index contributed by atoms with van der Waals surface area (Å²) >= 11 is 0. The highest BCUT2D eigenvalue weighted by atomic mass is 127. The standard InChI is InChI=1S/C17H32N4.HI/c1-3-18-17(20-16-9-5-6-10-16)19-13-15(2)14-21-11-7-4-8-12-21;/h5-6,15-16H,3-4,7-14H2,1-2H3,(H2,18,19,20);1H. The Balaban J connectivity index is 0.00000242. The molecule has 1 aliphatic carbocycles. The summed E-state index contributed by atoms with van der Waals surface area (Å²) in [6, 6.07) is 0.528.